The van der Waals surface area contributed by atoms with Crippen molar-refractivity contribution in [1.82, 2.24) is 4.31 Å². The number of nitrogens with two attached hydrogens (primary N) is 1. The predicted octanol–water partition coefficient (Wildman–Crippen LogP) is 2.84. The number of hydrogen-bond donors (Lipinski definition) is 1. The van der Waals surface area contributed by atoms with Gasteiger partial charge < -0.3 is 5.73 Å². The molecule has 2 fully saturated rings. The van der Waals surface area contributed by atoms with Crippen LogP contribution in [0.2, 0.25) is 0 Å². The van der Waals surface area contributed by atoms with Crippen LogP contribution in [0.4, 0.5) is 5.69 Å². The first-order valence-corrected chi connectivity index (χ1v) is 9.24. The lowest BCUT2D eigenvalue weighted by molar-refractivity contribution is 0.260. The fourth-order valence-electron chi connectivity index (χ4n) is 3.80. The van der Waals surface area contributed by atoms with Crippen molar-refractivity contribution < 1.29 is 8.42 Å². The average molecular weight is 308 g/mol. The molecule has 1 aromatic rings. The Morgan fingerprint density at radius 3 is 2.57 bits per heavy atom. The molecule has 5 heteroatoms. The highest BCUT2D eigenvalue weighted by atomic mass is 32.2. The minimum atomic E-state index is -3.42. The molecule has 1 saturated heterocycles. The van der Waals surface area contributed by atoms with Crippen molar-refractivity contribution in [1.29, 1.82) is 0 Å². The van der Waals surface area contributed by atoms with Crippen LogP contribution >= 0.6 is 0 Å². The van der Waals surface area contributed by atoms with E-state index in [1.165, 1.54) is 12.8 Å². The molecule has 0 aromatic heterocycles. The quantitative estimate of drug-likeness (QED) is 0.855. The molecule has 1 saturated carbocycles. The van der Waals surface area contributed by atoms with E-state index in [-0.39, 0.29) is 6.04 Å². The Labute approximate surface area is 127 Å². The first-order valence-electron chi connectivity index (χ1n) is 7.80. The van der Waals surface area contributed by atoms with E-state index in [0.29, 0.717) is 23.0 Å². The molecule has 1 aromatic carbocycles. The topological polar surface area (TPSA) is 63.4 Å². The molecule has 116 valence electrons. The van der Waals surface area contributed by atoms with Crippen LogP contribution in [0.3, 0.4) is 0 Å². The summed E-state index contributed by atoms with van der Waals surface area (Å²) in [4.78, 5) is 0.356. The summed E-state index contributed by atoms with van der Waals surface area (Å²) >= 11 is 0. The van der Waals surface area contributed by atoms with Crippen LogP contribution in [0.5, 0.6) is 0 Å². The fraction of sp³-hybridized carbons (Fsp3) is 0.625. The van der Waals surface area contributed by atoms with Gasteiger partial charge in [0.2, 0.25) is 10.0 Å². The second-order valence-electron chi connectivity index (χ2n) is 6.47. The van der Waals surface area contributed by atoms with Crippen molar-refractivity contribution in [2.45, 2.75) is 56.9 Å². The van der Waals surface area contributed by atoms with Crippen molar-refractivity contribution >= 4 is 15.7 Å². The third-order valence-electron chi connectivity index (χ3n) is 5.25. The second-order valence-corrected chi connectivity index (χ2v) is 8.36. The average Bonchev–Trinajstić information content (AvgIpc) is 2.88. The normalized spacial score (nSPS) is 26.8. The van der Waals surface area contributed by atoms with Crippen LogP contribution in [-0.4, -0.2) is 25.3 Å². The molecule has 0 bridgehead atoms. The Morgan fingerprint density at radius 1 is 1.14 bits per heavy atom. The molecule has 0 amide bonds. The van der Waals surface area contributed by atoms with Gasteiger partial charge in [-0.15, -0.1) is 0 Å². The molecule has 2 N–H and O–H groups in total. The number of rotatable bonds is 2. The maximum absolute atomic E-state index is 13.0. The molecule has 1 aliphatic heterocycles. The summed E-state index contributed by atoms with van der Waals surface area (Å²) in [6.45, 7) is 4.50. The number of fused-ring (bicyclic) bond motifs is 1. The summed E-state index contributed by atoms with van der Waals surface area (Å²) in [5.74, 6) is 0.553. The highest BCUT2D eigenvalue weighted by molar-refractivity contribution is 7.89. The molecule has 2 atom stereocenters. The van der Waals surface area contributed by atoms with Crippen LogP contribution in [0.25, 0.3) is 0 Å². The predicted molar refractivity (Wildman–Crippen MR) is 84.6 cm³/mol. The Hall–Kier alpha value is -1.07. The van der Waals surface area contributed by atoms with E-state index in [9.17, 15) is 8.42 Å². The fourth-order valence-corrected chi connectivity index (χ4v) is 5.65. The van der Waals surface area contributed by atoms with Crippen molar-refractivity contribution in [2.75, 3.05) is 12.3 Å². The molecule has 3 rings (SSSR count). The maximum atomic E-state index is 13.0. The standard InChI is InChI=1S/C16H24N2O2S/c1-11-9-14(10-15(17)12(11)2)21(19,20)18-8-7-13-5-3-4-6-16(13)18/h9-10,13,16H,3-8,17H2,1-2H3. The van der Waals surface area contributed by atoms with Crippen LogP contribution in [-0.2, 0) is 10.0 Å². The van der Waals surface area contributed by atoms with Crippen molar-refractivity contribution in [3.05, 3.63) is 23.3 Å². The highest BCUT2D eigenvalue weighted by Crippen LogP contribution is 2.39. The molecule has 1 heterocycles. The summed E-state index contributed by atoms with van der Waals surface area (Å²) in [6.07, 6.45) is 5.56. The van der Waals surface area contributed by atoms with E-state index in [1.807, 2.05) is 13.8 Å². The first kappa shape index (κ1) is 14.9. The van der Waals surface area contributed by atoms with Gasteiger partial charge in [0.05, 0.1) is 4.90 Å². The molecule has 0 radical (unpaired) electrons. The smallest absolute Gasteiger partial charge is 0.243 e. The monoisotopic (exact) mass is 308 g/mol. The summed E-state index contributed by atoms with van der Waals surface area (Å²) in [5.41, 5.74) is 8.43. The minimum absolute atomic E-state index is 0.201. The molecule has 2 aliphatic rings. The summed E-state index contributed by atoms with van der Waals surface area (Å²) < 4.78 is 27.7. The van der Waals surface area contributed by atoms with Gasteiger partial charge in [0.1, 0.15) is 0 Å². The van der Waals surface area contributed by atoms with E-state index in [0.717, 1.165) is 30.4 Å². The summed E-state index contributed by atoms with van der Waals surface area (Å²) in [5, 5.41) is 0. The van der Waals surface area contributed by atoms with Gasteiger partial charge in [-0.1, -0.05) is 12.8 Å². The number of nitrogens with zero attached hydrogens (tertiary/aromatic N) is 1. The summed E-state index contributed by atoms with van der Waals surface area (Å²) in [7, 11) is -3.42. The lowest BCUT2D eigenvalue weighted by atomic mass is 9.86. The molecule has 0 spiro atoms. The van der Waals surface area contributed by atoms with E-state index < -0.39 is 10.0 Å². The number of benzene rings is 1. The van der Waals surface area contributed by atoms with Crippen molar-refractivity contribution in [2.24, 2.45) is 5.92 Å². The van der Waals surface area contributed by atoms with E-state index in [4.69, 9.17) is 5.73 Å². The molecular formula is C16H24N2O2S. The Balaban J connectivity index is 1.97. The van der Waals surface area contributed by atoms with E-state index >= 15 is 0 Å². The van der Waals surface area contributed by atoms with Gasteiger partial charge in [-0.3, -0.25) is 0 Å². The van der Waals surface area contributed by atoms with Gasteiger partial charge >= 0.3 is 0 Å². The number of sulfonamides is 1. The lowest BCUT2D eigenvalue weighted by Gasteiger charge is -2.31. The zero-order valence-corrected chi connectivity index (χ0v) is 13.6. The number of nitrogen functional groups attached to an aromatic ring is 1. The second kappa shape index (κ2) is 5.29. The third-order valence-corrected chi connectivity index (χ3v) is 7.15. The Morgan fingerprint density at radius 2 is 1.86 bits per heavy atom. The maximum Gasteiger partial charge on any atom is 0.243 e. The highest BCUT2D eigenvalue weighted by Gasteiger charge is 2.42. The van der Waals surface area contributed by atoms with Gasteiger partial charge in [-0.05, 0) is 62.3 Å². The molecule has 1 aliphatic carbocycles. The van der Waals surface area contributed by atoms with Crippen molar-refractivity contribution in [3.8, 4) is 0 Å². The minimum Gasteiger partial charge on any atom is -0.398 e. The van der Waals surface area contributed by atoms with Gasteiger partial charge in [-0.25, -0.2) is 8.42 Å². The molecular weight excluding hydrogens is 284 g/mol. The Kier molecular flexibility index (Phi) is 3.74. The van der Waals surface area contributed by atoms with Crippen LogP contribution in [0, 0.1) is 19.8 Å². The summed E-state index contributed by atoms with van der Waals surface area (Å²) in [6, 6.07) is 3.58. The third kappa shape index (κ3) is 2.46. The zero-order chi connectivity index (χ0) is 15.2. The van der Waals surface area contributed by atoms with Crippen LogP contribution in [0.15, 0.2) is 17.0 Å². The molecule has 4 nitrogen and oxygen atoms in total. The SMILES string of the molecule is Cc1cc(S(=O)(=O)N2CCC3CCCCC32)cc(N)c1C. The van der Waals surface area contributed by atoms with E-state index in [1.54, 1.807) is 16.4 Å². The van der Waals surface area contributed by atoms with Crippen LogP contribution < -0.4 is 5.73 Å². The van der Waals surface area contributed by atoms with Gasteiger partial charge in [0.15, 0.2) is 0 Å². The lowest BCUT2D eigenvalue weighted by Crippen LogP contribution is -2.39. The van der Waals surface area contributed by atoms with Gasteiger partial charge in [-0.2, -0.15) is 4.31 Å². The number of aryl methyl sites for hydroxylation is 1. The molecule has 2 unspecified atom stereocenters. The van der Waals surface area contributed by atoms with E-state index in [2.05, 4.69) is 0 Å². The van der Waals surface area contributed by atoms with Crippen molar-refractivity contribution in [3.63, 3.8) is 0 Å². The molecule has 21 heavy (non-hydrogen) atoms. The van der Waals surface area contributed by atoms with Gasteiger partial charge in [0, 0.05) is 18.3 Å². The zero-order valence-electron chi connectivity index (χ0n) is 12.8. The Bertz CT molecular complexity index is 631. The number of hydrogen-bond acceptors (Lipinski definition) is 3. The largest absolute Gasteiger partial charge is 0.398 e. The van der Waals surface area contributed by atoms with Gasteiger partial charge in [0.25, 0.3) is 0 Å². The number of anilines is 1. The first-order chi connectivity index (χ1) is 9.91. The van der Waals surface area contributed by atoms with Crippen LogP contribution in [0.1, 0.15) is 43.2 Å².